The van der Waals surface area contributed by atoms with Crippen molar-refractivity contribution in [1.29, 1.82) is 0 Å². The molecular formula is C16H17FO4S. The molecule has 0 radical (unpaired) electrons. The first kappa shape index (κ1) is 16.3. The Morgan fingerprint density at radius 1 is 1.05 bits per heavy atom. The molecule has 0 saturated carbocycles. The van der Waals surface area contributed by atoms with Gasteiger partial charge in [-0.3, -0.25) is 0 Å². The fraction of sp³-hybridized carbons (Fsp3) is 0.250. The minimum Gasteiger partial charge on any atom is -0.494 e. The van der Waals surface area contributed by atoms with Crippen molar-refractivity contribution in [2.24, 2.45) is 0 Å². The summed E-state index contributed by atoms with van der Waals surface area (Å²) in [4.78, 5) is -0.265. The van der Waals surface area contributed by atoms with Crippen molar-refractivity contribution in [3.8, 4) is 11.5 Å². The average Bonchev–Trinajstić information content (AvgIpc) is 2.47. The van der Waals surface area contributed by atoms with E-state index in [0.717, 1.165) is 11.6 Å². The number of rotatable bonds is 5. The van der Waals surface area contributed by atoms with Crippen LogP contribution in [0.15, 0.2) is 47.4 Å². The zero-order valence-electron chi connectivity index (χ0n) is 12.5. The van der Waals surface area contributed by atoms with E-state index < -0.39 is 15.9 Å². The minimum atomic E-state index is -4.09. The monoisotopic (exact) mass is 324 g/mol. The van der Waals surface area contributed by atoms with Gasteiger partial charge >= 0.3 is 10.1 Å². The van der Waals surface area contributed by atoms with Gasteiger partial charge in [-0.15, -0.1) is 0 Å². The largest absolute Gasteiger partial charge is 0.494 e. The summed E-state index contributed by atoms with van der Waals surface area (Å²) in [5, 5.41) is 0. The molecule has 6 heteroatoms. The van der Waals surface area contributed by atoms with E-state index in [4.69, 9.17) is 8.92 Å². The van der Waals surface area contributed by atoms with Gasteiger partial charge in [-0.25, -0.2) is 4.39 Å². The summed E-state index contributed by atoms with van der Waals surface area (Å²) >= 11 is 0. The predicted octanol–water partition coefficient (Wildman–Crippen LogP) is 3.73. The fourth-order valence-electron chi connectivity index (χ4n) is 1.89. The summed E-state index contributed by atoms with van der Waals surface area (Å²) in [5.74, 6) is -0.274. The van der Waals surface area contributed by atoms with E-state index in [-0.39, 0.29) is 16.4 Å². The molecule has 2 rings (SSSR count). The van der Waals surface area contributed by atoms with Gasteiger partial charge in [0.25, 0.3) is 0 Å². The van der Waals surface area contributed by atoms with Gasteiger partial charge in [-0.1, -0.05) is 26.0 Å². The Morgan fingerprint density at radius 2 is 1.68 bits per heavy atom. The van der Waals surface area contributed by atoms with E-state index in [2.05, 4.69) is 0 Å². The van der Waals surface area contributed by atoms with Gasteiger partial charge in [0.2, 0.25) is 0 Å². The molecule has 0 atom stereocenters. The fourth-order valence-corrected chi connectivity index (χ4v) is 2.83. The van der Waals surface area contributed by atoms with Crippen molar-refractivity contribution in [1.82, 2.24) is 0 Å². The Balaban J connectivity index is 2.25. The highest BCUT2D eigenvalue weighted by molar-refractivity contribution is 7.87. The Morgan fingerprint density at radius 3 is 2.18 bits per heavy atom. The molecular weight excluding hydrogens is 307 g/mol. The molecule has 0 saturated heterocycles. The van der Waals surface area contributed by atoms with Gasteiger partial charge in [-0.05, 0) is 41.8 Å². The first-order chi connectivity index (χ1) is 10.3. The van der Waals surface area contributed by atoms with Crippen molar-refractivity contribution in [3.05, 3.63) is 53.8 Å². The van der Waals surface area contributed by atoms with Crippen molar-refractivity contribution in [3.63, 3.8) is 0 Å². The lowest BCUT2D eigenvalue weighted by Gasteiger charge is -2.10. The van der Waals surface area contributed by atoms with Crippen molar-refractivity contribution in [2.45, 2.75) is 24.7 Å². The maximum Gasteiger partial charge on any atom is 0.339 e. The molecule has 0 aromatic heterocycles. The van der Waals surface area contributed by atoms with E-state index >= 15 is 0 Å². The second-order valence-corrected chi connectivity index (χ2v) is 6.60. The number of ether oxygens (including phenoxy) is 1. The highest BCUT2D eigenvalue weighted by Gasteiger charge is 2.19. The summed E-state index contributed by atoms with van der Waals surface area (Å²) in [5.41, 5.74) is 1.07. The Labute approximate surface area is 129 Å². The molecule has 0 bridgehead atoms. The molecule has 2 aromatic carbocycles. The maximum atomic E-state index is 13.6. The molecule has 0 heterocycles. The van der Waals surface area contributed by atoms with Gasteiger partial charge in [0.05, 0.1) is 7.11 Å². The van der Waals surface area contributed by atoms with Crippen LogP contribution in [0.1, 0.15) is 25.3 Å². The van der Waals surface area contributed by atoms with E-state index in [9.17, 15) is 12.8 Å². The van der Waals surface area contributed by atoms with Crippen LogP contribution in [0.2, 0.25) is 0 Å². The number of methoxy groups -OCH3 is 1. The molecule has 0 aliphatic rings. The highest BCUT2D eigenvalue weighted by Crippen LogP contribution is 2.25. The van der Waals surface area contributed by atoms with Crippen LogP contribution in [-0.2, 0) is 10.1 Å². The van der Waals surface area contributed by atoms with Gasteiger partial charge in [-0.2, -0.15) is 8.42 Å². The van der Waals surface area contributed by atoms with Crippen LogP contribution in [0.5, 0.6) is 11.5 Å². The molecule has 0 aliphatic heterocycles. The summed E-state index contributed by atoms with van der Waals surface area (Å²) in [7, 11) is -2.78. The molecule has 2 aromatic rings. The number of hydrogen-bond donors (Lipinski definition) is 0. The van der Waals surface area contributed by atoms with Gasteiger partial charge in [0.1, 0.15) is 10.6 Å². The van der Waals surface area contributed by atoms with Crippen LogP contribution in [0.4, 0.5) is 4.39 Å². The second kappa shape index (κ2) is 6.36. The molecule has 0 unspecified atom stereocenters. The third-order valence-electron chi connectivity index (χ3n) is 3.16. The average molecular weight is 324 g/mol. The van der Waals surface area contributed by atoms with Crippen LogP contribution in [0.25, 0.3) is 0 Å². The molecule has 0 amide bonds. The third kappa shape index (κ3) is 3.57. The van der Waals surface area contributed by atoms with Crippen LogP contribution >= 0.6 is 0 Å². The van der Waals surface area contributed by atoms with E-state index in [1.807, 2.05) is 13.8 Å². The van der Waals surface area contributed by atoms with Crippen LogP contribution < -0.4 is 8.92 Å². The maximum absolute atomic E-state index is 13.6. The Bertz CT molecular complexity index is 752. The van der Waals surface area contributed by atoms with Crippen molar-refractivity contribution in [2.75, 3.05) is 7.11 Å². The Kier molecular flexibility index (Phi) is 4.71. The highest BCUT2D eigenvalue weighted by atomic mass is 32.2. The second-order valence-electron chi connectivity index (χ2n) is 5.06. The van der Waals surface area contributed by atoms with Gasteiger partial charge < -0.3 is 8.92 Å². The lowest BCUT2D eigenvalue weighted by Crippen LogP contribution is -2.10. The van der Waals surface area contributed by atoms with Crippen molar-refractivity contribution < 1.29 is 21.7 Å². The smallest absolute Gasteiger partial charge is 0.339 e. The lowest BCUT2D eigenvalue weighted by atomic mass is 10.0. The number of hydrogen-bond acceptors (Lipinski definition) is 4. The third-order valence-corrected chi connectivity index (χ3v) is 4.41. The summed E-state index contributed by atoms with van der Waals surface area (Å²) in [6.45, 7) is 4.07. The number of benzene rings is 2. The predicted molar refractivity (Wildman–Crippen MR) is 81.3 cm³/mol. The number of halogens is 1. The van der Waals surface area contributed by atoms with Crippen LogP contribution in [0.3, 0.4) is 0 Å². The SMILES string of the molecule is COc1ccc(S(=O)(=O)Oc2ccc(C(C)C)cc2)cc1F. The molecule has 118 valence electrons. The molecule has 4 nitrogen and oxygen atoms in total. The Hall–Kier alpha value is -2.08. The molecule has 22 heavy (non-hydrogen) atoms. The minimum absolute atomic E-state index is 0.0276. The van der Waals surface area contributed by atoms with Gasteiger partial charge in [0, 0.05) is 0 Å². The summed E-state index contributed by atoms with van der Waals surface area (Å²) in [6, 6.07) is 10.1. The molecule has 0 N–H and O–H groups in total. The molecule has 0 spiro atoms. The molecule has 0 fully saturated rings. The standard InChI is InChI=1S/C16H17FO4S/c1-11(2)12-4-6-13(7-5-12)21-22(18,19)14-8-9-16(20-3)15(17)10-14/h4-11H,1-3H3. The normalized spacial score (nSPS) is 11.5. The summed E-state index contributed by atoms with van der Waals surface area (Å²) in [6.07, 6.45) is 0. The van der Waals surface area contributed by atoms with E-state index in [1.54, 1.807) is 24.3 Å². The van der Waals surface area contributed by atoms with Crippen LogP contribution in [-0.4, -0.2) is 15.5 Å². The topological polar surface area (TPSA) is 52.6 Å². The molecule has 0 aliphatic carbocycles. The first-order valence-electron chi connectivity index (χ1n) is 6.71. The van der Waals surface area contributed by atoms with Crippen molar-refractivity contribution >= 4 is 10.1 Å². The summed E-state index contributed by atoms with van der Waals surface area (Å²) < 4.78 is 47.7. The zero-order chi connectivity index (χ0) is 16.3. The van der Waals surface area contributed by atoms with Gasteiger partial charge in [0.15, 0.2) is 11.6 Å². The van der Waals surface area contributed by atoms with Crippen LogP contribution in [0, 0.1) is 5.82 Å². The lowest BCUT2D eigenvalue weighted by molar-refractivity contribution is 0.385. The first-order valence-corrected chi connectivity index (χ1v) is 8.12. The van der Waals surface area contributed by atoms with E-state index in [1.165, 1.54) is 19.2 Å². The zero-order valence-corrected chi connectivity index (χ0v) is 13.4. The quantitative estimate of drug-likeness (QED) is 0.787. The van der Waals surface area contributed by atoms with E-state index in [0.29, 0.717) is 5.92 Å².